The lowest BCUT2D eigenvalue weighted by Crippen LogP contribution is -2.71. The molecular weight excluding hydrogens is 1260 g/mol. The summed E-state index contributed by atoms with van der Waals surface area (Å²) in [5.74, 6) is -8.56. The van der Waals surface area contributed by atoms with Crippen molar-refractivity contribution in [3.05, 3.63) is 59.7 Å². The maximum atomic E-state index is 14.2. The molecule has 3 fully saturated rings. The number of primary amides is 1. The molecule has 2 aromatic carbocycles. The van der Waals surface area contributed by atoms with Crippen LogP contribution in [0.2, 0.25) is 0 Å². The molecule has 3 aliphatic heterocycles. The van der Waals surface area contributed by atoms with Crippen LogP contribution in [-0.2, 0) is 66.8 Å². The second-order valence-electron chi connectivity index (χ2n) is 23.3. The Labute approximate surface area is 536 Å². The fourth-order valence-electron chi connectivity index (χ4n) is 10.4. The van der Waals surface area contributed by atoms with Gasteiger partial charge in [0.25, 0.3) is 0 Å². The van der Waals surface area contributed by atoms with Crippen LogP contribution < -0.4 is 48.3 Å². The number of nitrogens with two attached hydrogens (primary N) is 1. The molecule has 3 heterocycles. The maximum Gasteiger partial charge on any atom is 0.407 e. The topological polar surface area (TPSA) is 513 Å². The van der Waals surface area contributed by atoms with Crippen LogP contribution in [0.1, 0.15) is 71.9 Å². The minimum Gasteiger partial charge on any atom is -0.449 e. The van der Waals surface area contributed by atoms with Crippen molar-refractivity contribution in [3.63, 3.8) is 0 Å². The van der Waals surface area contributed by atoms with Gasteiger partial charge in [0.15, 0.2) is 18.8 Å². The Morgan fingerprint density at radius 3 is 1.59 bits per heavy atom. The molecule has 35 heteroatoms. The molecule has 0 aromatic heterocycles. The van der Waals surface area contributed by atoms with Gasteiger partial charge in [-0.3, -0.25) is 38.4 Å². The maximum absolute atomic E-state index is 14.2. The van der Waals surface area contributed by atoms with Gasteiger partial charge in [-0.1, -0.05) is 90.9 Å². The number of carbonyl (C=O) groups excluding carboxylic acids is 9. The molecule has 0 radical (unpaired) electrons. The third kappa shape index (κ3) is 19.4. The molecule has 0 bridgehead atoms. The van der Waals surface area contributed by atoms with Crippen LogP contribution in [0.4, 0.5) is 4.79 Å². The van der Waals surface area contributed by atoms with Gasteiger partial charge in [0, 0.05) is 30.3 Å². The first kappa shape index (κ1) is 74.6. The van der Waals surface area contributed by atoms with Gasteiger partial charge in [-0.05, 0) is 36.1 Å². The number of hydrogen-bond donors (Lipinski definition) is 18. The first-order valence-corrected chi connectivity index (χ1v) is 31.6. The minimum absolute atomic E-state index is 0.0297. The van der Waals surface area contributed by atoms with E-state index >= 15 is 0 Å². The van der Waals surface area contributed by atoms with E-state index < -0.39 is 208 Å². The Morgan fingerprint density at radius 2 is 1.07 bits per heavy atom. The molecule has 512 valence electrons. The Kier molecular flexibility index (Phi) is 27.3. The monoisotopic (exact) mass is 1340 g/mol. The van der Waals surface area contributed by atoms with Crippen molar-refractivity contribution in [2.45, 2.75) is 188 Å². The highest BCUT2D eigenvalue weighted by atomic mass is 33.1. The SMILES string of the molecule is CC(=O)N[C@@H]1[C@@H](O)[C@H](O[C@@H]2O[C@H](CO)[C@@H](O[C@@H]3O[C@H](CO)[C@@H](O)[C@H](O)[C@@H]3O)[C@H](O)[C@H]2NC(C)=O)[C@@H](CO)O[C@H]1NC(=O)C[C@H](NC(=O)[C@H](C)NC(=O)[C@H](CSSC(C)(C)C)NC(=O)OCC1c2ccccc2-c2ccccc21)C(=O)N[C@@H](C)C(=O)N[C@@H](CO)C(N)=O. The van der Waals surface area contributed by atoms with Gasteiger partial charge in [0.2, 0.25) is 47.3 Å². The zero-order valence-corrected chi connectivity index (χ0v) is 52.9. The molecule has 0 unspecified atom stereocenters. The van der Waals surface area contributed by atoms with Crippen molar-refractivity contribution < 1.29 is 118 Å². The number of benzene rings is 2. The van der Waals surface area contributed by atoms with Crippen molar-refractivity contribution in [1.29, 1.82) is 0 Å². The Bertz CT molecular complexity index is 2870. The molecule has 92 heavy (non-hydrogen) atoms. The van der Waals surface area contributed by atoms with Gasteiger partial charge in [-0.25, -0.2) is 4.79 Å². The molecule has 1 aliphatic carbocycles. The molecule has 9 amide bonds. The number of rotatable bonds is 28. The molecule has 6 rings (SSSR count). The lowest BCUT2D eigenvalue weighted by molar-refractivity contribution is -0.358. The van der Waals surface area contributed by atoms with Crippen molar-refractivity contribution in [2.24, 2.45) is 5.73 Å². The van der Waals surface area contributed by atoms with Gasteiger partial charge in [-0.15, -0.1) is 0 Å². The number of nitrogens with one attached hydrogen (secondary N) is 8. The summed E-state index contributed by atoms with van der Waals surface area (Å²) in [7, 11) is 2.65. The number of aliphatic hydroxyl groups excluding tert-OH is 9. The van der Waals surface area contributed by atoms with E-state index in [1.54, 1.807) is 0 Å². The first-order valence-electron chi connectivity index (χ1n) is 29.3. The average Bonchev–Trinajstić information content (AvgIpc) is 1.26. The zero-order chi connectivity index (χ0) is 68.1. The van der Waals surface area contributed by atoms with E-state index in [-0.39, 0.29) is 23.0 Å². The minimum atomic E-state index is -2.04. The predicted molar refractivity (Wildman–Crippen MR) is 322 cm³/mol. The summed E-state index contributed by atoms with van der Waals surface area (Å²) in [6.07, 6.45) is -25.7. The van der Waals surface area contributed by atoms with Gasteiger partial charge in [0.1, 0.15) is 110 Å². The third-order valence-corrected chi connectivity index (χ3v) is 18.4. The summed E-state index contributed by atoms with van der Waals surface area (Å²) < 4.78 is 34.5. The molecule has 3 saturated heterocycles. The fraction of sp³-hybridized carbons (Fsp3) is 0.632. The van der Waals surface area contributed by atoms with Gasteiger partial charge in [0.05, 0.1) is 32.8 Å². The zero-order valence-electron chi connectivity index (χ0n) is 51.2. The van der Waals surface area contributed by atoms with Crippen molar-refractivity contribution in [2.75, 3.05) is 38.8 Å². The molecule has 4 aliphatic rings. The molecule has 2 aromatic rings. The number of amides is 9. The first-order chi connectivity index (χ1) is 43.4. The van der Waals surface area contributed by atoms with Gasteiger partial charge < -0.3 is 123 Å². The van der Waals surface area contributed by atoms with Crippen molar-refractivity contribution in [3.8, 4) is 11.1 Å². The van der Waals surface area contributed by atoms with Crippen LogP contribution in [-0.4, -0.2) is 265 Å². The van der Waals surface area contributed by atoms with E-state index in [4.69, 9.17) is 34.2 Å². The fourth-order valence-corrected chi connectivity index (χ4v) is 12.9. The van der Waals surface area contributed by atoms with Crippen LogP contribution in [0.25, 0.3) is 11.1 Å². The Hall–Kier alpha value is -6.39. The van der Waals surface area contributed by atoms with E-state index in [0.717, 1.165) is 43.0 Å². The highest BCUT2D eigenvalue weighted by Gasteiger charge is 2.55. The Balaban J connectivity index is 1.18. The van der Waals surface area contributed by atoms with Crippen LogP contribution in [0.15, 0.2) is 48.5 Å². The van der Waals surface area contributed by atoms with Gasteiger partial charge in [-0.2, -0.15) is 0 Å². The quantitative estimate of drug-likeness (QED) is 0.0353. The van der Waals surface area contributed by atoms with E-state index in [1.165, 1.54) is 28.5 Å². The molecular formula is C57H83N9O24S2. The summed E-state index contributed by atoms with van der Waals surface area (Å²) in [6, 6.07) is 3.93. The highest BCUT2D eigenvalue weighted by Crippen LogP contribution is 2.45. The number of carbonyl (C=O) groups is 9. The summed E-state index contributed by atoms with van der Waals surface area (Å²) in [5.41, 5.74) is 9.10. The molecule has 0 saturated carbocycles. The van der Waals surface area contributed by atoms with Crippen molar-refractivity contribution >= 4 is 74.9 Å². The number of ether oxygens (including phenoxy) is 6. The van der Waals surface area contributed by atoms with Crippen LogP contribution in [0, 0.1) is 0 Å². The number of alkyl carbamates (subject to hydrolysis) is 1. The smallest absolute Gasteiger partial charge is 0.407 e. The number of aliphatic hydroxyl groups is 9. The summed E-state index contributed by atoms with van der Waals surface area (Å²) >= 11 is 0. The van der Waals surface area contributed by atoms with Crippen LogP contribution in [0.3, 0.4) is 0 Å². The van der Waals surface area contributed by atoms with E-state index in [9.17, 15) is 89.1 Å². The highest BCUT2D eigenvalue weighted by molar-refractivity contribution is 8.77. The molecule has 33 nitrogen and oxygen atoms in total. The summed E-state index contributed by atoms with van der Waals surface area (Å²) in [4.78, 5) is 120. The second-order valence-corrected chi connectivity index (χ2v) is 26.4. The Morgan fingerprint density at radius 1 is 0.576 bits per heavy atom. The lowest BCUT2D eigenvalue weighted by atomic mass is 9.93. The average molecular weight is 1340 g/mol. The van der Waals surface area contributed by atoms with Crippen LogP contribution in [0.5, 0.6) is 0 Å². The predicted octanol–water partition coefficient (Wildman–Crippen LogP) is -6.23. The molecule has 0 spiro atoms. The second kappa shape index (κ2) is 33.6. The van der Waals surface area contributed by atoms with Crippen molar-refractivity contribution in [1.82, 2.24) is 42.5 Å². The van der Waals surface area contributed by atoms with E-state index in [2.05, 4.69) is 42.5 Å². The third-order valence-electron chi connectivity index (χ3n) is 15.1. The largest absolute Gasteiger partial charge is 0.449 e. The standard InChI is InChI=1S/C57H83N9O24S2/c1-23(60-52(83)34(22-91-92-57(5,6)7)65-56(84)85-21-31-29-14-10-8-12-27(29)28-13-9-11-15-30(28)31)49(80)63-32(51(82)59-24(2)50(81)64-33(17-67)48(58)79)16-38(73)66-53-39(61-25(3)71)42(75)46(36(19-69)86-53)89-54-40(62-26(4)72)43(76)47(37(20-70)88-54)90-55-45(78)44(77)41(74)35(18-68)87-55/h8-15,23-24,31-37,39-47,53-55,67-70,74-78H,16-22H2,1-7H3,(H2,58,79)(H,59,82)(H,60,83)(H,61,71)(H,62,72)(H,63,80)(H,64,81)(H,65,84)(H,66,73)/t23-,24-,32-,33-,34-,35+,36+,37+,39+,40+,41+,42+,43+,44-,45-,46+,47+,53+,54-,55-/m0/s1. The summed E-state index contributed by atoms with van der Waals surface area (Å²) in [5, 5.41) is 114. The lowest BCUT2D eigenvalue weighted by Gasteiger charge is -2.49. The number of hydrogen-bond acceptors (Lipinski definition) is 26. The van der Waals surface area contributed by atoms with E-state index in [1.807, 2.05) is 69.3 Å². The van der Waals surface area contributed by atoms with Gasteiger partial charge >= 0.3 is 6.09 Å². The molecule has 19 N–H and O–H groups in total. The van der Waals surface area contributed by atoms with E-state index in [0.29, 0.717) is 0 Å². The molecule has 20 atom stereocenters. The number of fused-ring (bicyclic) bond motifs is 3. The summed E-state index contributed by atoms with van der Waals surface area (Å²) in [6.45, 7) is 6.30. The normalized spacial score (nSPS) is 28.6. The van der Waals surface area contributed by atoms with Crippen LogP contribution >= 0.6 is 21.6 Å².